The Morgan fingerprint density at radius 1 is 1.00 bits per heavy atom. The molecule has 1 aromatic heterocycles. The molecule has 1 heterocycles. The summed E-state index contributed by atoms with van der Waals surface area (Å²) in [7, 11) is 0. The van der Waals surface area contributed by atoms with Crippen molar-refractivity contribution in [1.29, 1.82) is 0 Å². The summed E-state index contributed by atoms with van der Waals surface area (Å²) < 4.78 is 8.01. The fourth-order valence-corrected chi connectivity index (χ4v) is 2.91. The zero-order valence-electron chi connectivity index (χ0n) is 15.4. The highest BCUT2D eigenvalue weighted by Gasteiger charge is 2.11. The minimum atomic E-state index is 0. The fourth-order valence-electron chi connectivity index (χ4n) is 2.91. The van der Waals surface area contributed by atoms with E-state index in [1.807, 2.05) is 32.0 Å². The molecule has 0 unspecified atom stereocenters. The maximum atomic E-state index is 6.10. The summed E-state index contributed by atoms with van der Waals surface area (Å²) in [5, 5.41) is 0. The molecule has 0 aliphatic carbocycles. The summed E-state index contributed by atoms with van der Waals surface area (Å²) in [6.07, 6.45) is 4.32. The molecule has 0 aliphatic rings. The first kappa shape index (κ1) is 20.0. The summed E-state index contributed by atoms with van der Waals surface area (Å²) in [6, 6.07) is 18.8. The van der Waals surface area contributed by atoms with Crippen molar-refractivity contribution in [3.8, 4) is 16.9 Å². The Labute approximate surface area is 166 Å². The molecule has 3 rings (SSSR count). The molecule has 0 spiro atoms. The highest BCUT2D eigenvalue weighted by Crippen LogP contribution is 2.32. The molecule has 0 radical (unpaired) electrons. The summed E-state index contributed by atoms with van der Waals surface area (Å²) in [5.41, 5.74) is 11.5. The first-order valence-corrected chi connectivity index (χ1v) is 8.63. The molecule has 0 fully saturated rings. The lowest BCUT2D eigenvalue weighted by molar-refractivity contribution is -0.688. The van der Waals surface area contributed by atoms with Crippen LogP contribution in [0.2, 0.25) is 0 Å². The molecule has 4 heteroatoms. The zero-order valence-corrected chi connectivity index (χ0v) is 17.0. The third-order valence-corrected chi connectivity index (χ3v) is 4.13. The standard InChI is InChI=1S/C22H24N2O.BrH/c1-16(2)25-22-14-20(17(3)13-21(22)23)19-9-11-24(12-10-19)15-18-7-5-4-6-8-18;/h4-14,16,23H,15H2,1-3H3;1H. The van der Waals surface area contributed by atoms with Gasteiger partial charge in [-0.1, -0.05) is 30.3 Å². The third-order valence-electron chi connectivity index (χ3n) is 4.13. The molecule has 2 aromatic carbocycles. The number of ether oxygens (including phenoxy) is 1. The van der Waals surface area contributed by atoms with E-state index in [0.717, 1.165) is 29.0 Å². The van der Waals surface area contributed by atoms with E-state index in [-0.39, 0.29) is 23.1 Å². The first-order chi connectivity index (χ1) is 12.0. The number of hydrogen-bond acceptors (Lipinski definition) is 2. The van der Waals surface area contributed by atoms with Gasteiger partial charge in [0.05, 0.1) is 11.8 Å². The number of aromatic nitrogens is 1. The lowest BCUT2D eigenvalue weighted by Gasteiger charge is -2.15. The van der Waals surface area contributed by atoms with Crippen LogP contribution in [-0.2, 0) is 6.54 Å². The summed E-state index contributed by atoms with van der Waals surface area (Å²) >= 11 is 0. The molecule has 3 nitrogen and oxygen atoms in total. The number of benzene rings is 2. The Kier molecular flexibility index (Phi) is 6.81. The number of nitrogens with two attached hydrogens (primary N) is 1. The Morgan fingerprint density at radius 3 is 2.27 bits per heavy atom. The van der Waals surface area contributed by atoms with Gasteiger partial charge in [0.1, 0.15) is 5.75 Å². The van der Waals surface area contributed by atoms with Crippen LogP contribution in [0.4, 0.5) is 5.69 Å². The van der Waals surface area contributed by atoms with Crippen molar-refractivity contribution in [3.05, 3.63) is 78.1 Å². The Balaban J connectivity index is 0.00000243. The molecule has 0 bridgehead atoms. The molecule has 136 valence electrons. The van der Waals surface area contributed by atoms with E-state index >= 15 is 0 Å². The van der Waals surface area contributed by atoms with Crippen LogP contribution in [0.5, 0.6) is 5.75 Å². The minimum absolute atomic E-state index is 0. The van der Waals surface area contributed by atoms with Crippen LogP contribution in [0.3, 0.4) is 0 Å². The Morgan fingerprint density at radius 2 is 1.65 bits per heavy atom. The van der Waals surface area contributed by atoms with Crippen molar-refractivity contribution in [3.63, 3.8) is 0 Å². The molecule has 0 saturated heterocycles. The Bertz CT molecular complexity index is 846. The summed E-state index contributed by atoms with van der Waals surface area (Å²) in [5.74, 6) is 0.747. The van der Waals surface area contributed by atoms with Gasteiger partial charge in [-0.15, -0.1) is 0 Å². The number of nitrogens with zero attached hydrogens (tertiary/aromatic N) is 1. The molecule has 0 atom stereocenters. The number of rotatable bonds is 5. The van der Waals surface area contributed by atoms with Crippen LogP contribution in [0.25, 0.3) is 11.1 Å². The summed E-state index contributed by atoms with van der Waals surface area (Å²) in [6.45, 7) is 6.96. The maximum Gasteiger partial charge on any atom is 0.173 e. The fraction of sp³-hybridized carbons (Fsp3) is 0.227. The molecule has 0 amide bonds. The largest absolute Gasteiger partial charge is 1.00 e. The van der Waals surface area contributed by atoms with Crippen molar-refractivity contribution < 1.29 is 26.3 Å². The average Bonchev–Trinajstić information content (AvgIpc) is 2.59. The van der Waals surface area contributed by atoms with Crippen LogP contribution in [0.15, 0.2) is 67.0 Å². The van der Waals surface area contributed by atoms with Gasteiger partial charge < -0.3 is 27.5 Å². The number of aryl methyl sites for hydroxylation is 1. The van der Waals surface area contributed by atoms with Crippen LogP contribution >= 0.6 is 0 Å². The lowest BCUT2D eigenvalue weighted by atomic mass is 10.0. The number of pyridine rings is 1. The first-order valence-electron chi connectivity index (χ1n) is 8.63. The van der Waals surface area contributed by atoms with E-state index in [1.165, 1.54) is 5.56 Å². The van der Waals surface area contributed by atoms with Gasteiger partial charge >= 0.3 is 0 Å². The second-order valence-corrected chi connectivity index (χ2v) is 6.62. The van der Waals surface area contributed by atoms with E-state index in [0.29, 0.717) is 5.69 Å². The molecule has 0 saturated carbocycles. The normalized spacial score (nSPS) is 10.5. The molecule has 26 heavy (non-hydrogen) atoms. The highest BCUT2D eigenvalue weighted by atomic mass is 79.9. The van der Waals surface area contributed by atoms with Crippen molar-refractivity contribution in [1.82, 2.24) is 0 Å². The Hall–Kier alpha value is -2.33. The lowest BCUT2D eigenvalue weighted by Crippen LogP contribution is -3.00. The molecule has 3 aromatic rings. The summed E-state index contributed by atoms with van der Waals surface area (Å²) in [4.78, 5) is 0. The van der Waals surface area contributed by atoms with Crippen LogP contribution in [-0.4, -0.2) is 6.10 Å². The SMILES string of the molecule is Cc1cc(N)c(OC(C)C)cc1-c1cc[n+](Cc2ccccc2)cc1.[Br-]. The number of nitrogen functional groups attached to an aromatic ring is 1. The smallest absolute Gasteiger partial charge is 0.173 e. The predicted octanol–water partition coefficient (Wildman–Crippen LogP) is 1.37. The van der Waals surface area contributed by atoms with Gasteiger partial charge in [-0.2, -0.15) is 0 Å². The van der Waals surface area contributed by atoms with Gasteiger partial charge in [-0.05, 0) is 49.6 Å². The van der Waals surface area contributed by atoms with Crippen molar-refractivity contribution in [2.45, 2.75) is 33.4 Å². The number of anilines is 1. The van der Waals surface area contributed by atoms with Crippen molar-refractivity contribution >= 4 is 5.69 Å². The van der Waals surface area contributed by atoms with Gasteiger partial charge in [-0.3, -0.25) is 0 Å². The molecule has 2 N–H and O–H groups in total. The topological polar surface area (TPSA) is 39.1 Å². The predicted molar refractivity (Wildman–Crippen MR) is 103 cm³/mol. The quantitative estimate of drug-likeness (QED) is 0.507. The van der Waals surface area contributed by atoms with Gasteiger partial charge in [0, 0.05) is 17.7 Å². The van der Waals surface area contributed by atoms with E-state index in [2.05, 4.69) is 60.3 Å². The number of halogens is 1. The van der Waals surface area contributed by atoms with Crippen molar-refractivity contribution in [2.24, 2.45) is 0 Å². The van der Waals surface area contributed by atoms with Crippen LogP contribution < -0.4 is 32.0 Å². The highest BCUT2D eigenvalue weighted by molar-refractivity contribution is 5.73. The van der Waals surface area contributed by atoms with Gasteiger partial charge in [0.25, 0.3) is 0 Å². The van der Waals surface area contributed by atoms with Crippen LogP contribution in [0, 0.1) is 6.92 Å². The van der Waals surface area contributed by atoms with Gasteiger partial charge in [0.15, 0.2) is 18.9 Å². The average molecular weight is 413 g/mol. The molecule has 0 aliphatic heterocycles. The van der Waals surface area contributed by atoms with E-state index in [9.17, 15) is 0 Å². The second kappa shape index (κ2) is 8.86. The second-order valence-electron chi connectivity index (χ2n) is 6.62. The number of hydrogen-bond donors (Lipinski definition) is 1. The van der Waals surface area contributed by atoms with Crippen molar-refractivity contribution in [2.75, 3.05) is 5.73 Å². The molecular formula is C22H25BrN2O. The van der Waals surface area contributed by atoms with Gasteiger partial charge in [-0.25, -0.2) is 4.57 Å². The zero-order chi connectivity index (χ0) is 17.8. The third kappa shape index (κ3) is 4.85. The van der Waals surface area contributed by atoms with Crippen LogP contribution in [0.1, 0.15) is 25.0 Å². The molecular weight excluding hydrogens is 388 g/mol. The monoisotopic (exact) mass is 412 g/mol. The van der Waals surface area contributed by atoms with E-state index < -0.39 is 0 Å². The minimum Gasteiger partial charge on any atom is -1.00 e. The van der Waals surface area contributed by atoms with E-state index in [4.69, 9.17) is 10.5 Å². The maximum absolute atomic E-state index is 6.10. The van der Waals surface area contributed by atoms with Gasteiger partial charge in [0.2, 0.25) is 0 Å². The van der Waals surface area contributed by atoms with E-state index in [1.54, 1.807) is 0 Å².